The minimum Gasteiger partial charge on any atom is -0.461 e. The molecule has 0 unspecified atom stereocenters. The van der Waals surface area contributed by atoms with Crippen LogP contribution in [0.3, 0.4) is 0 Å². The molecule has 1 heterocycles. The summed E-state index contributed by atoms with van der Waals surface area (Å²) in [5, 5.41) is 0.487. The highest BCUT2D eigenvalue weighted by atomic mass is 16.5. The lowest BCUT2D eigenvalue weighted by molar-refractivity contribution is -0.131. The van der Waals surface area contributed by atoms with Crippen LogP contribution in [-0.2, 0) is 11.2 Å². The number of carbonyl (C=O) groups excluding carboxylic acids is 1. The van der Waals surface area contributed by atoms with Gasteiger partial charge in [0.1, 0.15) is 17.1 Å². The van der Waals surface area contributed by atoms with Crippen LogP contribution in [0.15, 0.2) is 34.0 Å². The molecular weight excluding hydrogens is 256 g/mol. The van der Waals surface area contributed by atoms with E-state index in [-0.39, 0.29) is 5.43 Å². The molecule has 4 nitrogen and oxygen atoms in total. The van der Waals surface area contributed by atoms with Gasteiger partial charge in [-0.15, -0.1) is 6.58 Å². The lowest BCUT2D eigenvalue weighted by atomic mass is 10.0. The average molecular weight is 272 g/mol. The molecule has 0 radical (unpaired) electrons. The molecule has 2 rings (SSSR count). The standard InChI is InChI=1S/C16H16O4/c1-5-6-12-8-13-14(18)7-9(2)19-16(13)10(3)15(12)20-11(4)17/h5,7-8H,1,6H2,2-4H3. The zero-order valence-electron chi connectivity index (χ0n) is 11.8. The number of benzene rings is 1. The minimum absolute atomic E-state index is 0.105. The molecule has 0 aliphatic carbocycles. The van der Waals surface area contributed by atoms with E-state index in [0.29, 0.717) is 34.5 Å². The van der Waals surface area contributed by atoms with Gasteiger partial charge in [-0.2, -0.15) is 0 Å². The molecule has 0 bridgehead atoms. The van der Waals surface area contributed by atoms with Crippen LogP contribution in [0.1, 0.15) is 23.8 Å². The first-order valence-electron chi connectivity index (χ1n) is 6.30. The quantitative estimate of drug-likeness (QED) is 0.489. The third-order valence-corrected chi connectivity index (χ3v) is 3.01. The van der Waals surface area contributed by atoms with Gasteiger partial charge in [-0.3, -0.25) is 9.59 Å². The van der Waals surface area contributed by atoms with Crippen molar-refractivity contribution < 1.29 is 13.9 Å². The third-order valence-electron chi connectivity index (χ3n) is 3.01. The van der Waals surface area contributed by atoms with E-state index >= 15 is 0 Å². The highest BCUT2D eigenvalue weighted by molar-refractivity contribution is 5.85. The molecule has 0 aliphatic heterocycles. The molecule has 4 heteroatoms. The fourth-order valence-corrected chi connectivity index (χ4v) is 2.21. The first-order chi connectivity index (χ1) is 9.43. The maximum atomic E-state index is 12.0. The number of esters is 1. The molecule has 1 aromatic heterocycles. The average Bonchev–Trinajstić information content (AvgIpc) is 2.35. The zero-order valence-corrected chi connectivity index (χ0v) is 11.8. The fraction of sp³-hybridized carbons (Fsp3) is 0.250. The summed E-state index contributed by atoms with van der Waals surface area (Å²) in [6, 6.07) is 3.15. The lowest BCUT2D eigenvalue weighted by Crippen LogP contribution is -2.08. The Balaban J connectivity index is 2.85. The van der Waals surface area contributed by atoms with Gasteiger partial charge in [0.25, 0.3) is 0 Å². The molecule has 0 N–H and O–H groups in total. The summed E-state index contributed by atoms with van der Waals surface area (Å²) < 4.78 is 10.9. The van der Waals surface area contributed by atoms with E-state index in [1.54, 1.807) is 26.0 Å². The maximum Gasteiger partial charge on any atom is 0.308 e. The number of fused-ring (bicyclic) bond motifs is 1. The van der Waals surface area contributed by atoms with Gasteiger partial charge < -0.3 is 9.15 Å². The minimum atomic E-state index is -0.409. The predicted octanol–water partition coefficient (Wildman–Crippen LogP) is 3.06. The summed E-state index contributed by atoms with van der Waals surface area (Å²) in [4.78, 5) is 23.3. The summed E-state index contributed by atoms with van der Waals surface area (Å²) in [6.45, 7) is 8.51. The van der Waals surface area contributed by atoms with Crippen molar-refractivity contribution in [3.63, 3.8) is 0 Å². The van der Waals surface area contributed by atoms with Crippen LogP contribution in [-0.4, -0.2) is 5.97 Å². The molecule has 20 heavy (non-hydrogen) atoms. The van der Waals surface area contributed by atoms with Gasteiger partial charge >= 0.3 is 5.97 Å². The molecule has 0 aliphatic rings. The number of hydrogen-bond donors (Lipinski definition) is 0. The number of carbonyl (C=O) groups is 1. The van der Waals surface area contributed by atoms with E-state index in [9.17, 15) is 9.59 Å². The van der Waals surface area contributed by atoms with Gasteiger partial charge in [0, 0.05) is 18.6 Å². The molecule has 0 atom stereocenters. The van der Waals surface area contributed by atoms with Crippen molar-refractivity contribution in [3.05, 3.63) is 51.9 Å². The molecule has 0 fully saturated rings. The molecule has 2 aromatic rings. The van der Waals surface area contributed by atoms with Crippen LogP contribution in [0.5, 0.6) is 5.75 Å². The Morgan fingerprint density at radius 2 is 2.10 bits per heavy atom. The van der Waals surface area contributed by atoms with E-state index in [1.165, 1.54) is 13.0 Å². The van der Waals surface area contributed by atoms with E-state index in [0.717, 1.165) is 5.56 Å². The Bertz CT molecular complexity index is 753. The largest absolute Gasteiger partial charge is 0.461 e. The first kappa shape index (κ1) is 14.1. The molecule has 0 saturated heterocycles. The van der Waals surface area contributed by atoms with E-state index in [4.69, 9.17) is 9.15 Å². The van der Waals surface area contributed by atoms with Crippen molar-refractivity contribution in [1.29, 1.82) is 0 Å². The van der Waals surface area contributed by atoms with Crippen molar-refractivity contribution in [2.24, 2.45) is 0 Å². The second kappa shape index (κ2) is 5.33. The molecule has 0 amide bonds. The highest BCUT2D eigenvalue weighted by Crippen LogP contribution is 2.31. The van der Waals surface area contributed by atoms with Gasteiger partial charge in [0.2, 0.25) is 0 Å². The summed E-state index contributed by atoms with van der Waals surface area (Å²) >= 11 is 0. The van der Waals surface area contributed by atoms with Crippen molar-refractivity contribution in [3.8, 4) is 5.75 Å². The number of ether oxygens (including phenoxy) is 1. The summed E-state index contributed by atoms with van der Waals surface area (Å²) in [5.41, 5.74) is 1.75. The van der Waals surface area contributed by atoms with Crippen molar-refractivity contribution in [1.82, 2.24) is 0 Å². The Kier molecular flexibility index (Phi) is 3.74. The van der Waals surface area contributed by atoms with Gasteiger partial charge in [-0.25, -0.2) is 0 Å². The fourth-order valence-electron chi connectivity index (χ4n) is 2.21. The van der Waals surface area contributed by atoms with Gasteiger partial charge in [0.15, 0.2) is 5.43 Å². The van der Waals surface area contributed by atoms with Crippen molar-refractivity contribution in [2.75, 3.05) is 0 Å². The third kappa shape index (κ3) is 2.50. The lowest BCUT2D eigenvalue weighted by Gasteiger charge is -2.13. The smallest absolute Gasteiger partial charge is 0.308 e. The number of rotatable bonds is 3. The van der Waals surface area contributed by atoms with Crippen LogP contribution in [0.4, 0.5) is 0 Å². The molecule has 0 spiro atoms. The number of allylic oxidation sites excluding steroid dienone is 1. The summed E-state index contributed by atoms with van der Waals surface area (Å²) in [5.74, 6) is 0.558. The van der Waals surface area contributed by atoms with Crippen LogP contribution in [0.2, 0.25) is 0 Å². The monoisotopic (exact) mass is 272 g/mol. The van der Waals surface area contributed by atoms with Crippen molar-refractivity contribution in [2.45, 2.75) is 27.2 Å². The highest BCUT2D eigenvalue weighted by Gasteiger charge is 2.16. The Morgan fingerprint density at radius 3 is 2.70 bits per heavy atom. The van der Waals surface area contributed by atoms with E-state index in [1.807, 2.05) is 0 Å². The SMILES string of the molecule is C=CCc1cc2c(=O)cc(C)oc2c(C)c1OC(C)=O. The number of aryl methyl sites for hydroxylation is 2. The van der Waals surface area contributed by atoms with E-state index in [2.05, 4.69) is 6.58 Å². The maximum absolute atomic E-state index is 12.0. The molecular formula is C16H16O4. The van der Waals surface area contributed by atoms with Crippen LogP contribution in [0, 0.1) is 13.8 Å². The zero-order chi connectivity index (χ0) is 14.9. The Morgan fingerprint density at radius 1 is 1.40 bits per heavy atom. The van der Waals surface area contributed by atoms with Crippen LogP contribution >= 0.6 is 0 Å². The Labute approximate surface area is 116 Å². The van der Waals surface area contributed by atoms with Crippen molar-refractivity contribution >= 4 is 16.9 Å². The number of hydrogen-bond acceptors (Lipinski definition) is 4. The van der Waals surface area contributed by atoms with Crippen LogP contribution in [0.25, 0.3) is 11.0 Å². The van der Waals surface area contributed by atoms with Crippen LogP contribution < -0.4 is 10.2 Å². The Hall–Kier alpha value is -2.36. The van der Waals surface area contributed by atoms with E-state index < -0.39 is 5.97 Å². The van der Waals surface area contributed by atoms with Gasteiger partial charge in [-0.05, 0) is 31.9 Å². The normalized spacial score (nSPS) is 10.6. The second-order valence-corrected chi connectivity index (χ2v) is 4.67. The first-order valence-corrected chi connectivity index (χ1v) is 6.30. The summed E-state index contributed by atoms with van der Waals surface area (Å²) in [7, 11) is 0. The second-order valence-electron chi connectivity index (χ2n) is 4.67. The molecule has 1 aromatic carbocycles. The van der Waals surface area contributed by atoms with Gasteiger partial charge in [-0.1, -0.05) is 6.08 Å². The topological polar surface area (TPSA) is 56.5 Å². The molecule has 104 valence electrons. The molecule has 0 saturated carbocycles. The van der Waals surface area contributed by atoms with Gasteiger partial charge in [0.05, 0.1) is 5.39 Å². The predicted molar refractivity (Wildman–Crippen MR) is 77.2 cm³/mol. The summed E-state index contributed by atoms with van der Waals surface area (Å²) in [6.07, 6.45) is 2.20.